The van der Waals surface area contributed by atoms with Gasteiger partial charge in [-0.2, -0.15) is 4.31 Å². The molecule has 1 aliphatic heterocycles. The van der Waals surface area contributed by atoms with Crippen LogP contribution in [0.1, 0.15) is 24.3 Å². The molecule has 0 unspecified atom stereocenters. The first-order valence-electron chi connectivity index (χ1n) is 6.14. The first kappa shape index (κ1) is 15.3. The second-order valence-corrected chi connectivity index (χ2v) is 7.99. The van der Waals surface area contributed by atoms with Gasteiger partial charge in [-0.05, 0) is 31.7 Å². The predicted molar refractivity (Wildman–Crippen MR) is 77.4 cm³/mol. The predicted octanol–water partition coefficient (Wildman–Crippen LogP) is 2.59. The number of thiophene rings is 1. The van der Waals surface area contributed by atoms with Gasteiger partial charge in [-0.25, -0.2) is 8.42 Å². The molecule has 0 aliphatic carbocycles. The number of hydrogen-bond acceptors (Lipinski definition) is 4. The minimum Gasteiger partial charge on any atom is -0.373 e. The van der Waals surface area contributed by atoms with Crippen LogP contribution in [0.4, 0.5) is 0 Å². The van der Waals surface area contributed by atoms with E-state index in [1.54, 1.807) is 0 Å². The number of hydrogen-bond donors (Lipinski definition) is 0. The minimum atomic E-state index is -3.48. The third kappa shape index (κ3) is 2.97. The number of ether oxygens (including phenoxy) is 1. The van der Waals surface area contributed by atoms with Crippen LogP contribution in [0, 0.1) is 6.92 Å². The fourth-order valence-electron chi connectivity index (χ4n) is 2.38. The molecule has 19 heavy (non-hydrogen) atoms. The lowest BCUT2D eigenvalue weighted by molar-refractivity contribution is -0.0441. The van der Waals surface area contributed by atoms with Crippen LogP contribution >= 0.6 is 22.9 Å². The number of aryl methyl sites for hydroxylation is 1. The van der Waals surface area contributed by atoms with E-state index >= 15 is 0 Å². The Morgan fingerprint density at radius 1 is 1.42 bits per heavy atom. The van der Waals surface area contributed by atoms with Crippen molar-refractivity contribution in [2.45, 2.75) is 43.8 Å². The molecule has 0 bridgehead atoms. The molecule has 0 spiro atoms. The Bertz CT molecular complexity index is 545. The largest absolute Gasteiger partial charge is 0.373 e. The molecule has 2 heterocycles. The summed E-state index contributed by atoms with van der Waals surface area (Å²) in [6, 6.07) is 0. The highest BCUT2D eigenvalue weighted by Crippen LogP contribution is 2.31. The van der Waals surface area contributed by atoms with Gasteiger partial charge in [-0.15, -0.1) is 22.9 Å². The monoisotopic (exact) mass is 323 g/mol. The molecule has 4 nitrogen and oxygen atoms in total. The van der Waals surface area contributed by atoms with Crippen molar-refractivity contribution >= 4 is 33.0 Å². The van der Waals surface area contributed by atoms with E-state index in [2.05, 4.69) is 0 Å². The second kappa shape index (κ2) is 5.69. The summed E-state index contributed by atoms with van der Waals surface area (Å²) in [6.07, 6.45) is -0.172. The minimum absolute atomic E-state index is 0.0862. The molecule has 108 valence electrons. The Morgan fingerprint density at radius 2 is 2.00 bits per heavy atom. The summed E-state index contributed by atoms with van der Waals surface area (Å²) in [5.74, 6) is 0.225. The van der Waals surface area contributed by atoms with Gasteiger partial charge in [-0.3, -0.25) is 0 Å². The number of rotatable bonds is 3. The average molecular weight is 324 g/mol. The van der Waals surface area contributed by atoms with Crippen LogP contribution in [-0.4, -0.2) is 38.0 Å². The quantitative estimate of drug-likeness (QED) is 0.803. The molecule has 1 aliphatic rings. The molecular formula is C12H18ClNO3S2. The van der Waals surface area contributed by atoms with Crippen molar-refractivity contribution in [2.24, 2.45) is 0 Å². The van der Waals surface area contributed by atoms with E-state index < -0.39 is 10.0 Å². The molecule has 2 rings (SSSR count). The molecule has 0 N–H and O–H groups in total. The maximum atomic E-state index is 12.8. The normalized spacial score (nSPS) is 25.7. The first-order chi connectivity index (χ1) is 8.86. The topological polar surface area (TPSA) is 46.6 Å². The summed E-state index contributed by atoms with van der Waals surface area (Å²) in [4.78, 5) is 1.10. The summed E-state index contributed by atoms with van der Waals surface area (Å²) in [7, 11) is -3.48. The zero-order valence-corrected chi connectivity index (χ0v) is 13.6. The molecule has 0 radical (unpaired) electrons. The van der Waals surface area contributed by atoms with Crippen molar-refractivity contribution in [1.29, 1.82) is 0 Å². The van der Waals surface area contributed by atoms with E-state index in [-0.39, 0.29) is 18.1 Å². The number of morpholine rings is 1. The van der Waals surface area contributed by atoms with E-state index in [9.17, 15) is 8.42 Å². The van der Waals surface area contributed by atoms with Crippen molar-refractivity contribution in [1.82, 2.24) is 4.31 Å². The Hall–Kier alpha value is -0.140. The lowest BCUT2D eigenvalue weighted by Crippen LogP contribution is -2.48. The molecule has 2 atom stereocenters. The van der Waals surface area contributed by atoms with Gasteiger partial charge in [0.05, 0.1) is 18.1 Å². The molecule has 1 aromatic rings. The van der Waals surface area contributed by atoms with Crippen LogP contribution < -0.4 is 0 Å². The number of sulfonamides is 1. The van der Waals surface area contributed by atoms with Crippen LogP contribution in [0.15, 0.2) is 10.3 Å². The van der Waals surface area contributed by atoms with Gasteiger partial charge in [0.1, 0.15) is 4.90 Å². The van der Waals surface area contributed by atoms with E-state index in [1.165, 1.54) is 15.6 Å². The fraction of sp³-hybridized carbons (Fsp3) is 0.667. The second-order valence-electron chi connectivity index (χ2n) is 4.88. The Kier molecular flexibility index (Phi) is 4.57. The van der Waals surface area contributed by atoms with Gasteiger partial charge in [0.25, 0.3) is 0 Å². The van der Waals surface area contributed by atoms with Crippen molar-refractivity contribution < 1.29 is 13.2 Å². The highest BCUT2D eigenvalue weighted by atomic mass is 35.5. The van der Waals surface area contributed by atoms with Crippen LogP contribution in [0.2, 0.25) is 0 Å². The van der Waals surface area contributed by atoms with Gasteiger partial charge in [0.15, 0.2) is 0 Å². The van der Waals surface area contributed by atoms with Crippen LogP contribution in [0.25, 0.3) is 0 Å². The Balaban J connectivity index is 2.39. The molecular weight excluding hydrogens is 306 g/mol. The smallest absolute Gasteiger partial charge is 0.244 e. The Morgan fingerprint density at radius 3 is 2.53 bits per heavy atom. The molecule has 1 saturated heterocycles. The van der Waals surface area contributed by atoms with Crippen molar-refractivity contribution in [3.05, 3.63) is 15.8 Å². The van der Waals surface area contributed by atoms with Crippen molar-refractivity contribution in [3.63, 3.8) is 0 Å². The van der Waals surface area contributed by atoms with Crippen LogP contribution in [-0.2, 0) is 20.6 Å². The van der Waals surface area contributed by atoms with Gasteiger partial charge in [-0.1, -0.05) is 0 Å². The van der Waals surface area contributed by atoms with E-state index in [0.717, 1.165) is 5.56 Å². The van der Waals surface area contributed by atoms with Gasteiger partial charge in [0, 0.05) is 18.0 Å². The highest BCUT2D eigenvalue weighted by Gasteiger charge is 2.34. The molecule has 1 aromatic heterocycles. The third-order valence-electron chi connectivity index (χ3n) is 3.09. The Labute approximate surface area is 123 Å². The molecule has 0 aromatic carbocycles. The number of alkyl halides is 1. The molecule has 0 saturated carbocycles. The van der Waals surface area contributed by atoms with Crippen molar-refractivity contribution in [2.75, 3.05) is 13.1 Å². The van der Waals surface area contributed by atoms with E-state index in [4.69, 9.17) is 16.3 Å². The third-order valence-corrected chi connectivity index (χ3v) is 6.82. The van der Waals surface area contributed by atoms with E-state index in [0.29, 0.717) is 22.9 Å². The summed E-state index contributed by atoms with van der Waals surface area (Å²) in [5.41, 5.74) is 0.771. The summed E-state index contributed by atoms with van der Waals surface area (Å²) in [6.45, 7) is 6.38. The fourth-order valence-corrected chi connectivity index (χ4v) is 5.98. The van der Waals surface area contributed by atoms with Gasteiger partial charge < -0.3 is 4.74 Å². The van der Waals surface area contributed by atoms with Gasteiger partial charge in [0.2, 0.25) is 10.0 Å². The maximum absolute atomic E-state index is 12.8. The standard InChI is InChI=1S/C12H18ClNO3S2/c1-8-7-18-11(4-13)12(8)19(15,16)14-5-9(2)17-10(3)6-14/h7,9-10H,4-6H2,1-3H3/t9-,10+. The average Bonchev–Trinajstić information content (AvgIpc) is 2.69. The zero-order chi connectivity index (χ0) is 14.2. The summed E-state index contributed by atoms with van der Waals surface area (Å²) < 4.78 is 32.6. The number of halogens is 1. The van der Waals surface area contributed by atoms with Crippen molar-refractivity contribution in [3.8, 4) is 0 Å². The molecule has 7 heteroatoms. The molecule has 0 amide bonds. The highest BCUT2D eigenvalue weighted by molar-refractivity contribution is 7.89. The molecule has 1 fully saturated rings. The maximum Gasteiger partial charge on any atom is 0.244 e. The van der Waals surface area contributed by atoms with E-state index in [1.807, 2.05) is 26.2 Å². The summed E-state index contributed by atoms with van der Waals surface area (Å²) in [5, 5.41) is 1.85. The number of nitrogens with zero attached hydrogens (tertiary/aromatic N) is 1. The first-order valence-corrected chi connectivity index (χ1v) is 9.00. The SMILES string of the molecule is Cc1csc(CCl)c1S(=O)(=O)N1C[C@@H](C)O[C@@H](C)C1. The lowest BCUT2D eigenvalue weighted by Gasteiger charge is -2.34. The van der Waals surface area contributed by atoms with Gasteiger partial charge >= 0.3 is 0 Å². The zero-order valence-electron chi connectivity index (χ0n) is 11.2. The lowest BCUT2D eigenvalue weighted by atomic mass is 10.3. The van der Waals surface area contributed by atoms with Crippen LogP contribution in [0.5, 0.6) is 0 Å². The van der Waals surface area contributed by atoms with Crippen LogP contribution in [0.3, 0.4) is 0 Å². The summed E-state index contributed by atoms with van der Waals surface area (Å²) >= 11 is 7.25.